The lowest BCUT2D eigenvalue weighted by Crippen LogP contribution is -2.67. The largest absolute Gasteiger partial charge is 0.494 e. The molecule has 0 aliphatic heterocycles. The number of aryl methyl sites for hydroxylation is 2. The number of halogens is 1. The molecule has 0 saturated carbocycles. The molecule has 0 aliphatic rings. The molecule has 54 nitrogen and oxygen atoms in total. The Bertz CT molecular complexity index is 5540. The zero-order valence-electron chi connectivity index (χ0n) is 80.2. The smallest absolute Gasteiger partial charge is 0.305 e. The first-order chi connectivity index (χ1) is 68.9. The van der Waals surface area contributed by atoms with E-state index in [9.17, 15) is 116 Å². The second kappa shape index (κ2) is 59.9. The molecule has 10 atom stereocenters. The zero-order valence-corrected chi connectivity index (χ0v) is 80.2. The van der Waals surface area contributed by atoms with E-state index in [4.69, 9.17) is 21.7 Å². The van der Waals surface area contributed by atoms with Gasteiger partial charge < -0.3 is 137 Å². The average Bonchev–Trinajstić information content (AvgIpc) is 1.01. The number of rotatable bonds is 63. The molecule has 4 aromatic carbocycles. The Morgan fingerprint density at radius 1 is 0.538 bits per heavy atom. The fourth-order valence-electron chi connectivity index (χ4n) is 13.5. The molecule has 28 N–H and O–H groups in total. The maximum Gasteiger partial charge on any atom is 0.305 e. The molecule has 784 valence electrons. The minimum Gasteiger partial charge on any atom is -0.494 e. The van der Waals surface area contributed by atoms with Gasteiger partial charge in [-0.3, -0.25) is 95.9 Å². The predicted octanol–water partition coefficient (Wildman–Crippen LogP) is -8.32. The number of nitrogens with two attached hydrogens (primary N) is 2. The quantitative estimate of drug-likeness (QED) is 0.00554. The van der Waals surface area contributed by atoms with Gasteiger partial charge in [-0.2, -0.15) is 5.21 Å². The minimum absolute atomic E-state index is 0.0123. The molecule has 6 rings (SSSR count). The number of carboxylic acid groups (broad SMARTS) is 1. The van der Waals surface area contributed by atoms with Crippen LogP contribution in [0.3, 0.4) is 0 Å². The van der Waals surface area contributed by atoms with Gasteiger partial charge in [0.25, 0.3) is 0 Å². The number of carbonyl (C=O) groups excluding carboxylic acids is 19. The Morgan fingerprint density at radius 3 is 1.61 bits per heavy atom. The molecule has 6 aromatic rings. The third-order valence-corrected chi connectivity index (χ3v) is 21.8. The Morgan fingerprint density at radius 2 is 1.07 bits per heavy atom. The molecule has 0 saturated heterocycles. The number of azide groups is 1. The van der Waals surface area contributed by atoms with Gasteiger partial charge in [0.15, 0.2) is 5.82 Å². The van der Waals surface area contributed by atoms with E-state index in [1.165, 1.54) is 38.4 Å². The summed E-state index contributed by atoms with van der Waals surface area (Å²) in [4.78, 5) is 274. The van der Waals surface area contributed by atoms with Crippen LogP contribution >= 0.6 is 0 Å². The van der Waals surface area contributed by atoms with Crippen LogP contribution < -0.4 is 112 Å². The number of H-pyrrole nitrogens is 2. The Hall–Kier alpha value is -16.6. The van der Waals surface area contributed by atoms with Crippen molar-refractivity contribution in [3.63, 3.8) is 0 Å². The number of aliphatic carboxylic acids is 1. The lowest BCUT2D eigenvalue weighted by Gasteiger charge is -2.34. The number of aliphatic hydroxyl groups excluding tert-OH is 3. The van der Waals surface area contributed by atoms with E-state index < -0.39 is 268 Å². The first kappa shape index (κ1) is 117. The lowest BCUT2D eigenvalue weighted by atomic mass is 9.90. The number of nitrogens with zero attached hydrogens (tertiary/aromatic N) is 7. The number of carboxylic acids is 1. The van der Waals surface area contributed by atoms with Gasteiger partial charge >= 0.3 is 5.97 Å². The molecule has 0 aliphatic carbocycles. The van der Waals surface area contributed by atoms with Crippen LogP contribution in [0.25, 0.3) is 21.6 Å². The summed E-state index contributed by atoms with van der Waals surface area (Å²) in [6.45, 7) is 1.82. The van der Waals surface area contributed by atoms with Gasteiger partial charge in [-0.15, -0.1) is 10.2 Å². The predicted molar refractivity (Wildman–Crippen MR) is 507 cm³/mol. The van der Waals surface area contributed by atoms with Gasteiger partial charge in [-0.05, 0) is 136 Å². The van der Waals surface area contributed by atoms with Crippen molar-refractivity contribution >= 4 is 118 Å². The molecule has 145 heavy (non-hydrogen) atoms. The number of hydrogen-bond acceptors (Lipinski definition) is 30. The first-order valence-corrected chi connectivity index (χ1v) is 45.6. The summed E-state index contributed by atoms with van der Waals surface area (Å²) in [6.07, 6.45) is -1.14. The number of imidazole rings is 1. The first-order valence-electron chi connectivity index (χ1n) is 45.6. The molecule has 19 amide bonds. The molecular formula is C90H122FN29O25. The number of amides is 19. The number of ether oxygens (including phenoxy) is 1. The molecule has 55 heteroatoms. The van der Waals surface area contributed by atoms with Crippen molar-refractivity contribution in [3.05, 3.63) is 159 Å². The van der Waals surface area contributed by atoms with E-state index in [0.717, 1.165) is 38.0 Å². The number of aromatic nitrogens is 6. The van der Waals surface area contributed by atoms with E-state index in [1.807, 2.05) is 19.1 Å². The van der Waals surface area contributed by atoms with E-state index in [1.54, 1.807) is 60.8 Å². The van der Waals surface area contributed by atoms with Crippen molar-refractivity contribution in [1.29, 1.82) is 0 Å². The van der Waals surface area contributed by atoms with Crippen LogP contribution in [-0.2, 0) is 141 Å². The highest BCUT2D eigenvalue weighted by Crippen LogP contribution is 2.30. The summed E-state index contributed by atoms with van der Waals surface area (Å²) in [5.41, 5.74) is 19.9. The number of carbonyl (C=O) groups is 20. The molecule has 0 spiro atoms. The number of primary amides is 1. The molecular weight excluding hydrogens is 1910 g/mol. The highest BCUT2D eigenvalue weighted by atomic mass is 19.1. The van der Waals surface area contributed by atoms with Crippen molar-refractivity contribution in [1.82, 2.24) is 126 Å². The van der Waals surface area contributed by atoms with Crippen molar-refractivity contribution < 1.29 is 125 Å². The van der Waals surface area contributed by atoms with Crippen LogP contribution in [0.1, 0.15) is 113 Å². The van der Waals surface area contributed by atoms with Crippen LogP contribution in [0, 0.1) is 11.2 Å². The van der Waals surface area contributed by atoms with Crippen molar-refractivity contribution in [2.45, 2.75) is 179 Å². The average molecular weight is 2030 g/mol. The molecule has 0 fully saturated rings. The topological polar surface area (TPSA) is 832 Å². The van der Waals surface area contributed by atoms with E-state index >= 15 is 4.39 Å². The van der Waals surface area contributed by atoms with Crippen LogP contribution in [-0.4, -0.2) is 314 Å². The summed E-state index contributed by atoms with van der Waals surface area (Å²) in [6, 6.07) is 10.6. The zero-order chi connectivity index (χ0) is 107. The Balaban J connectivity index is 1.09. The molecule has 2 heterocycles. The SMILES string of the molecule is CCc1cc(OCCCCN=[N+]=[N-])ccc1-c1ccc(C[C@H](NC(=O)[C@H](CC(=O)O)NC(=O)[C@H](CO)NC(=O)[C@@H](NC(=O)C(C)(Cc2ccccc2F)NC(=O)[C@@H](NC(=O)CNC(=O)[C@H](Cc2nn[nH]n2)NC(=O)C(C)(C)C(=O)NCCc2cnc[nH]2)[C@@H](C)O)[C@@H](C)O)C(=O)N[C@@H](CCCc2ccc(CNC(=O)CNC(=O)CNC(=O)CNC(=O)CNC(=O)CNC(=O)CNC(=O)CNC(=O)CN)cc2)C(N)=O)cc1. The fourth-order valence-corrected chi connectivity index (χ4v) is 13.5. The van der Waals surface area contributed by atoms with Crippen LogP contribution in [0.2, 0.25) is 0 Å². The number of aliphatic hydroxyl groups is 3. The maximum atomic E-state index is 15.6. The van der Waals surface area contributed by atoms with E-state index in [-0.39, 0.29) is 56.7 Å². The summed E-state index contributed by atoms with van der Waals surface area (Å²) in [5.74, 6) is -20.9. The summed E-state index contributed by atoms with van der Waals surface area (Å²) in [5, 5.41) is 102. The van der Waals surface area contributed by atoms with Gasteiger partial charge in [0.1, 0.15) is 64.8 Å². The van der Waals surface area contributed by atoms with E-state index in [0.29, 0.717) is 72.5 Å². The highest BCUT2D eigenvalue weighted by molar-refractivity contribution is 6.06. The number of hydrogen-bond donors (Lipinski definition) is 26. The van der Waals surface area contributed by atoms with E-state index in [2.05, 4.69) is 136 Å². The normalized spacial score (nSPS) is 13.2. The Kier molecular flexibility index (Phi) is 48.4. The highest BCUT2D eigenvalue weighted by Gasteiger charge is 2.44. The second-order valence-electron chi connectivity index (χ2n) is 33.7. The second-order valence-corrected chi connectivity index (χ2v) is 33.7. The molecule has 1 unspecified atom stereocenters. The van der Waals surface area contributed by atoms with Crippen LogP contribution in [0.4, 0.5) is 4.39 Å². The van der Waals surface area contributed by atoms with Crippen LogP contribution in [0.15, 0.2) is 109 Å². The van der Waals surface area contributed by atoms with Crippen molar-refractivity contribution in [2.75, 3.05) is 85.2 Å². The summed E-state index contributed by atoms with van der Waals surface area (Å²) in [7, 11) is 0. The summed E-state index contributed by atoms with van der Waals surface area (Å²) >= 11 is 0. The van der Waals surface area contributed by atoms with Gasteiger partial charge in [-0.25, -0.2) is 9.37 Å². The third-order valence-electron chi connectivity index (χ3n) is 21.8. The molecule has 0 radical (unpaired) electrons. The number of tetrazole rings is 1. The van der Waals surface area contributed by atoms with Gasteiger partial charge in [0.05, 0.1) is 97.1 Å². The van der Waals surface area contributed by atoms with Gasteiger partial charge in [0, 0.05) is 62.1 Å². The number of unbranched alkanes of at least 4 members (excludes halogenated alkanes) is 1. The Labute approximate surface area is 828 Å². The molecule has 0 bridgehead atoms. The molecule has 2 aromatic heterocycles. The number of nitrogens with one attached hydrogen (secondary N) is 20. The van der Waals surface area contributed by atoms with Crippen molar-refractivity contribution in [3.8, 4) is 16.9 Å². The lowest BCUT2D eigenvalue weighted by molar-refractivity contribution is -0.143. The van der Waals surface area contributed by atoms with Gasteiger partial charge in [0.2, 0.25) is 112 Å². The van der Waals surface area contributed by atoms with Crippen LogP contribution in [0.5, 0.6) is 5.75 Å². The number of aromatic amines is 2. The third kappa shape index (κ3) is 41.3. The summed E-state index contributed by atoms with van der Waals surface area (Å²) < 4.78 is 21.6. The minimum atomic E-state index is -2.46. The van der Waals surface area contributed by atoms with Crippen molar-refractivity contribution in [2.24, 2.45) is 22.0 Å². The standard InChI is InChI=1S/C90H122FN29O25/c1-7-54-32-58(145-30-11-10-28-107-118-94)25-26-59(54)55-23-21-52(22-24-55)31-62(81(137)108-61(79(93)135)16-12-13-51-17-19-53(20-18-51)37-97-68(125)40-99-70(127)42-101-72(129)44-103-74(131)45-104-73(130)43-102-71(128)41-100-69(126)39-98-67(124)36-92)109-82(138)64(34-76(133)134)110-83(139)65(47-121)111-84(140)77(49(2)122)114-88(144)90(6,35-56-14-8-9-15-60(56)91)115-85(141)78(50(3)123)113-75(132)46-105-80(136)63(33-66-116-119-120-117-66)112-87(143)89(4,5)86(142)96-29-27-57-38-95-48-106-57/h8-9,14-15,17-26,32,38,48-50,61-65,77-78,121-123H,7,10-13,16,27-31,33-37,39-47,92H2,1-6H3,(H2,93,135)(H,95,106)(H,96,142)(H,97,125)(H,98,124)(H,99,127)(H,100,126)(H,101,129)(H,102,128)(H,103,131)(H,104,130)(H,105,136)(H,108,137)(H,109,138)(H,110,139)(H,111,140)(H,112,143)(H,113,132)(H,114,144)(H,115,141)(H,133,134)(H,116,117,119,120)/t49-,50-,61+,62+,63+,64+,65+,77+,78+,90?/m1/s1. The maximum absolute atomic E-state index is 15.6. The number of benzene rings is 4. The monoisotopic (exact) mass is 2030 g/mol. The fraction of sp³-hybridized carbons (Fsp3) is 0.467. The van der Waals surface area contributed by atoms with Gasteiger partial charge in [-0.1, -0.05) is 90.0 Å².